The smallest absolute Gasteiger partial charge is 0.254 e. The van der Waals surface area contributed by atoms with Gasteiger partial charge in [0.15, 0.2) is 9.84 Å². The number of rotatable bonds is 8. The number of primary amides is 1. The van der Waals surface area contributed by atoms with Crippen LogP contribution in [0.15, 0.2) is 65.6 Å². The zero-order valence-corrected chi connectivity index (χ0v) is 21.3. The molecule has 2 amide bonds. The van der Waals surface area contributed by atoms with Gasteiger partial charge in [-0.2, -0.15) is 0 Å². The number of hydrogen-bond acceptors (Lipinski definition) is 5. The van der Waals surface area contributed by atoms with Crippen molar-refractivity contribution in [2.45, 2.75) is 29.7 Å². The number of nitrogens with two attached hydrogens (primary N) is 1. The van der Waals surface area contributed by atoms with Crippen molar-refractivity contribution in [1.29, 1.82) is 0 Å². The van der Waals surface area contributed by atoms with E-state index in [2.05, 4.69) is 5.32 Å². The van der Waals surface area contributed by atoms with E-state index in [9.17, 15) is 26.8 Å². The van der Waals surface area contributed by atoms with E-state index in [-0.39, 0.29) is 21.9 Å². The van der Waals surface area contributed by atoms with E-state index >= 15 is 0 Å². The van der Waals surface area contributed by atoms with E-state index in [1.54, 1.807) is 17.0 Å². The van der Waals surface area contributed by atoms with Crippen molar-refractivity contribution in [3.8, 4) is 0 Å². The van der Waals surface area contributed by atoms with E-state index in [4.69, 9.17) is 17.3 Å². The van der Waals surface area contributed by atoms with Crippen LogP contribution in [0.2, 0.25) is 5.02 Å². The van der Waals surface area contributed by atoms with Gasteiger partial charge in [0.05, 0.1) is 4.90 Å². The van der Waals surface area contributed by atoms with Gasteiger partial charge in [-0.15, -0.1) is 0 Å². The number of sulfone groups is 1. The van der Waals surface area contributed by atoms with Gasteiger partial charge in [0.1, 0.15) is 23.1 Å². The SMILES string of the molecule is CCN1CCc2cc(C(NC(C(N)=O)c3cc(F)cc(F)c3)S(=O)(=O)c3ccc(Cl)cc3)ccc2C1=O. The van der Waals surface area contributed by atoms with Crippen LogP contribution in [0.4, 0.5) is 8.78 Å². The molecule has 3 aromatic carbocycles. The van der Waals surface area contributed by atoms with Crippen LogP contribution in [-0.2, 0) is 21.1 Å². The van der Waals surface area contributed by atoms with Crippen LogP contribution in [0, 0.1) is 11.6 Å². The molecule has 0 aromatic heterocycles. The second kappa shape index (κ2) is 10.6. The Bertz CT molecular complexity index is 1440. The van der Waals surface area contributed by atoms with Crippen molar-refractivity contribution in [3.05, 3.63) is 99.6 Å². The summed E-state index contributed by atoms with van der Waals surface area (Å²) >= 11 is 5.93. The normalized spacial score (nSPS) is 15.2. The lowest BCUT2D eigenvalue weighted by Crippen LogP contribution is -2.40. The molecule has 1 heterocycles. The number of benzene rings is 3. The van der Waals surface area contributed by atoms with Gasteiger partial charge in [-0.3, -0.25) is 14.9 Å². The predicted octanol–water partition coefficient (Wildman–Crippen LogP) is 3.93. The second-order valence-corrected chi connectivity index (χ2v) is 11.1. The molecular formula is C26H24ClF2N3O4S. The maximum atomic E-state index is 13.9. The number of amides is 2. The fraction of sp³-hybridized carbons (Fsp3) is 0.231. The molecule has 1 aliphatic rings. The summed E-state index contributed by atoms with van der Waals surface area (Å²) in [5.74, 6) is -3.10. The number of carbonyl (C=O) groups is 2. The number of hydrogen-bond donors (Lipinski definition) is 2. The number of halogens is 3. The van der Waals surface area contributed by atoms with Gasteiger partial charge >= 0.3 is 0 Å². The highest BCUT2D eigenvalue weighted by molar-refractivity contribution is 7.91. The van der Waals surface area contributed by atoms with E-state index in [1.165, 1.54) is 30.3 Å². The minimum Gasteiger partial charge on any atom is -0.368 e. The summed E-state index contributed by atoms with van der Waals surface area (Å²) in [6, 6.07) is 10.9. The van der Waals surface area contributed by atoms with Gasteiger partial charge in [-0.25, -0.2) is 17.2 Å². The molecule has 11 heteroatoms. The van der Waals surface area contributed by atoms with E-state index < -0.39 is 38.8 Å². The molecule has 4 rings (SSSR count). The quantitative estimate of drug-likeness (QED) is 0.444. The molecule has 3 aromatic rings. The first kappa shape index (κ1) is 26.7. The zero-order chi connectivity index (χ0) is 26.9. The lowest BCUT2D eigenvalue weighted by Gasteiger charge is -2.29. The Morgan fingerprint density at radius 1 is 1.05 bits per heavy atom. The zero-order valence-electron chi connectivity index (χ0n) is 19.7. The summed E-state index contributed by atoms with van der Waals surface area (Å²) in [6.45, 7) is 2.88. The number of nitrogens with zero attached hydrogens (tertiary/aromatic N) is 1. The van der Waals surface area contributed by atoms with Crippen LogP contribution >= 0.6 is 11.6 Å². The standard InChI is InChI=1S/C26H24ClF2N3O4S/c1-2-32-10-9-15-11-16(3-8-22(15)26(32)34)25(37(35,36)21-6-4-18(27)5-7-21)31-23(24(30)33)17-12-19(28)14-20(29)13-17/h3-8,11-14,23,25,31H,2,9-10H2,1H3,(H2,30,33). The molecule has 0 saturated carbocycles. The molecule has 0 aliphatic carbocycles. The fourth-order valence-electron chi connectivity index (χ4n) is 4.38. The highest BCUT2D eigenvalue weighted by atomic mass is 35.5. The first-order valence-corrected chi connectivity index (χ1v) is 13.4. The molecule has 37 heavy (non-hydrogen) atoms. The molecule has 194 valence electrons. The number of likely N-dealkylation sites (N-methyl/N-ethyl adjacent to an activating group) is 1. The van der Waals surface area contributed by atoms with Crippen LogP contribution in [0.25, 0.3) is 0 Å². The third kappa shape index (κ3) is 5.51. The largest absolute Gasteiger partial charge is 0.368 e. The highest BCUT2D eigenvalue weighted by Gasteiger charge is 2.35. The van der Waals surface area contributed by atoms with Gasteiger partial charge in [0.25, 0.3) is 5.91 Å². The molecule has 0 spiro atoms. The fourth-order valence-corrected chi connectivity index (χ4v) is 6.12. The monoisotopic (exact) mass is 547 g/mol. The molecule has 0 fully saturated rings. The Balaban J connectivity index is 1.83. The van der Waals surface area contributed by atoms with Gasteiger partial charge < -0.3 is 10.6 Å². The summed E-state index contributed by atoms with van der Waals surface area (Å²) in [5.41, 5.74) is 6.71. The summed E-state index contributed by atoms with van der Waals surface area (Å²) in [4.78, 5) is 26.7. The van der Waals surface area contributed by atoms with Crippen molar-refractivity contribution < 1.29 is 26.8 Å². The lowest BCUT2D eigenvalue weighted by atomic mass is 9.96. The van der Waals surface area contributed by atoms with Crippen LogP contribution in [-0.4, -0.2) is 38.2 Å². The van der Waals surface area contributed by atoms with Crippen molar-refractivity contribution in [2.75, 3.05) is 13.1 Å². The van der Waals surface area contributed by atoms with E-state index in [0.717, 1.165) is 12.1 Å². The average molecular weight is 548 g/mol. The van der Waals surface area contributed by atoms with Gasteiger partial charge in [0, 0.05) is 29.7 Å². The molecule has 2 unspecified atom stereocenters. The van der Waals surface area contributed by atoms with Crippen LogP contribution < -0.4 is 11.1 Å². The number of carbonyl (C=O) groups excluding carboxylic acids is 2. The van der Waals surface area contributed by atoms with Crippen molar-refractivity contribution >= 4 is 33.3 Å². The number of fused-ring (bicyclic) bond motifs is 1. The topological polar surface area (TPSA) is 110 Å². The first-order valence-electron chi connectivity index (χ1n) is 11.4. The molecule has 1 aliphatic heterocycles. The molecule has 3 N–H and O–H groups in total. The van der Waals surface area contributed by atoms with Crippen molar-refractivity contribution in [1.82, 2.24) is 10.2 Å². The Hall–Kier alpha value is -3.34. The molecular weight excluding hydrogens is 524 g/mol. The van der Waals surface area contributed by atoms with E-state index in [1.807, 2.05) is 6.92 Å². The first-order chi connectivity index (χ1) is 17.5. The molecule has 0 radical (unpaired) electrons. The van der Waals surface area contributed by atoms with E-state index in [0.29, 0.717) is 41.7 Å². The minimum atomic E-state index is -4.24. The minimum absolute atomic E-state index is 0.103. The third-order valence-electron chi connectivity index (χ3n) is 6.26. The van der Waals surface area contributed by atoms with Gasteiger partial charge in [0.2, 0.25) is 5.91 Å². The maximum Gasteiger partial charge on any atom is 0.254 e. The van der Waals surface area contributed by atoms with Crippen molar-refractivity contribution in [2.24, 2.45) is 5.73 Å². The Morgan fingerprint density at radius 2 is 1.70 bits per heavy atom. The second-order valence-electron chi connectivity index (χ2n) is 8.64. The van der Waals surface area contributed by atoms with Crippen LogP contribution in [0.1, 0.15) is 45.4 Å². The summed E-state index contributed by atoms with van der Waals surface area (Å²) in [5, 5.41) is 1.47. The predicted molar refractivity (Wildman–Crippen MR) is 135 cm³/mol. The number of nitrogens with one attached hydrogen (secondary N) is 1. The molecule has 0 saturated heterocycles. The molecule has 2 atom stereocenters. The van der Waals surface area contributed by atoms with Crippen LogP contribution in [0.5, 0.6) is 0 Å². The molecule has 0 bridgehead atoms. The summed E-state index contributed by atoms with van der Waals surface area (Å²) < 4.78 is 55.5. The molecule has 7 nitrogen and oxygen atoms in total. The van der Waals surface area contributed by atoms with Crippen molar-refractivity contribution in [3.63, 3.8) is 0 Å². The average Bonchev–Trinajstić information content (AvgIpc) is 2.84. The third-order valence-corrected chi connectivity index (χ3v) is 8.47. The van der Waals surface area contributed by atoms with Gasteiger partial charge in [-0.1, -0.05) is 23.7 Å². The Morgan fingerprint density at radius 3 is 2.30 bits per heavy atom. The Labute approximate surface area is 218 Å². The summed E-state index contributed by atoms with van der Waals surface area (Å²) in [6.07, 6.45) is 0.505. The van der Waals surface area contributed by atoms with Gasteiger partial charge in [-0.05, 0) is 72.5 Å². The maximum absolute atomic E-state index is 13.9. The highest BCUT2D eigenvalue weighted by Crippen LogP contribution is 2.33. The van der Waals surface area contributed by atoms with Crippen LogP contribution in [0.3, 0.4) is 0 Å². The summed E-state index contributed by atoms with van der Waals surface area (Å²) in [7, 11) is -4.24. The Kier molecular flexibility index (Phi) is 7.63. The lowest BCUT2D eigenvalue weighted by molar-refractivity contribution is -0.120.